The van der Waals surface area contributed by atoms with Gasteiger partial charge in [-0.15, -0.1) is 0 Å². The van der Waals surface area contributed by atoms with Crippen molar-refractivity contribution in [1.29, 1.82) is 0 Å². The Morgan fingerprint density at radius 3 is 2.33 bits per heavy atom. The standard InChI is InChI=1S/C11H22N2O4S/c1-3-10(2)13(9-11(14)15)18(16,17)12-7-5-4-6-8-12/h10H,3-9H2,1-2H3,(H,14,15). The molecule has 1 atom stereocenters. The van der Waals surface area contributed by atoms with Gasteiger partial charge < -0.3 is 5.11 Å². The number of carbonyl (C=O) groups is 1. The maximum absolute atomic E-state index is 12.4. The molecule has 6 nitrogen and oxygen atoms in total. The highest BCUT2D eigenvalue weighted by Crippen LogP contribution is 2.19. The zero-order chi connectivity index (χ0) is 13.8. The Labute approximate surface area is 109 Å². The minimum Gasteiger partial charge on any atom is -0.480 e. The maximum atomic E-state index is 12.4. The first kappa shape index (κ1) is 15.4. The third-order valence-corrected chi connectivity index (χ3v) is 5.41. The van der Waals surface area contributed by atoms with Gasteiger partial charge in [-0.3, -0.25) is 4.79 Å². The van der Waals surface area contributed by atoms with Crippen LogP contribution >= 0.6 is 0 Å². The molecular formula is C11H22N2O4S. The second kappa shape index (κ2) is 6.49. The van der Waals surface area contributed by atoms with Crippen molar-refractivity contribution in [3.8, 4) is 0 Å². The molecule has 0 aliphatic carbocycles. The fraction of sp³-hybridized carbons (Fsp3) is 0.909. The summed E-state index contributed by atoms with van der Waals surface area (Å²) in [7, 11) is -3.64. The van der Waals surface area contributed by atoms with Crippen LogP contribution in [0.3, 0.4) is 0 Å². The number of carboxylic acid groups (broad SMARTS) is 1. The van der Waals surface area contributed by atoms with Crippen molar-refractivity contribution in [2.24, 2.45) is 0 Å². The molecule has 1 unspecified atom stereocenters. The molecule has 18 heavy (non-hydrogen) atoms. The van der Waals surface area contributed by atoms with E-state index in [-0.39, 0.29) is 6.04 Å². The second-order valence-electron chi connectivity index (χ2n) is 4.66. The Balaban J connectivity index is 2.90. The van der Waals surface area contributed by atoms with E-state index < -0.39 is 22.7 Å². The molecule has 1 rings (SSSR count). The average molecular weight is 278 g/mol. The van der Waals surface area contributed by atoms with Crippen LogP contribution in [0, 0.1) is 0 Å². The van der Waals surface area contributed by atoms with Crippen molar-refractivity contribution in [3.05, 3.63) is 0 Å². The van der Waals surface area contributed by atoms with Gasteiger partial charge in [0.25, 0.3) is 10.2 Å². The van der Waals surface area contributed by atoms with E-state index in [0.29, 0.717) is 19.5 Å². The highest BCUT2D eigenvalue weighted by atomic mass is 32.2. The van der Waals surface area contributed by atoms with E-state index in [0.717, 1.165) is 23.6 Å². The molecule has 0 aromatic rings. The highest BCUT2D eigenvalue weighted by Gasteiger charge is 2.34. The van der Waals surface area contributed by atoms with E-state index in [1.807, 2.05) is 6.92 Å². The van der Waals surface area contributed by atoms with E-state index >= 15 is 0 Å². The molecule has 0 aromatic carbocycles. The van der Waals surface area contributed by atoms with Crippen LogP contribution in [0.25, 0.3) is 0 Å². The van der Waals surface area contributed by atoms with Crippen LogP contribution in [0.4, 0.5) is 0 Å². The first-order chi connectivity index (χ1) is 8.39. The Kier molecular flexibility index (Phi) is 5.55. The number of nitrogens with zero attached hydrogens (tertiary/aromatic N) is 2. The molecule has 1 heterocycles. The van der Waals surface area contributed by atoms with Gasteiger partial charge in [-0.25, -0.2) is 0 Å². The van der Waals surface area contributed by atoms with E-state index in [4.69, 9.17) is 5.11 Å². The summed E-state index contributed by atoms with van der Waals surface area (Å²) in [5.41, 5.74) is 0. The Morgan fingerprint density at radius 2 is 1.89 bits per heavy atom. The Bertz CT molecular complexity index is 377. The van der Waals surface area contributed by atoms with Gasteiger partial charge >= 0.3 is 5.97 Å². The number of aliphatic carboxylic acids is 1. The number of rotatable bonds is 6. The summed E-state index contributed by atoms with van der Waals surface area (Å²) < 4.78 is 27.3. The fourth-order valence-corrected chi connectivity index (χ4v) is 3.94. The van der Waals surface area contributed by atoms with Crippen LogP contribution in [0.1, 0.15) is 39.5 Å². The van der Waals surface area contributed by atoms with Gasteiger partial charge in [0.15, 0.2) is 0 Å². The van der Waals surface area contributed by atoms with Crippen LogP contribution in [-0.2, 0) is 15.0 Å². The predicted molar refractivity (Wildman–Crippen MR) is 68.4 cm³/mol. The molecule has 7 heteroatoms. The van der Waals surface area contributed by atoms with Crippen molar-refractivity contribution in [3.63, 3.8) is 0 Å². The highest BCUT2D eigenvalue weighted by molar-refractivity contribution is 7.86. The lowest BCUT2D eigenvalue weighted by molar-refractivity contribution is -0.137. The molecule has 1 aliphatic heterocycles. The van der Waals surface area contributed by atoms with Gasteiger partial charge in [-0.2, -0.15) is 17.0 Å². The number of carboxylic acids is 1. The Hall–Kier alpha value is -0.660. The fourth-order valence-electron chi connectivity index (χ4n) is 2.05. The molecule has 0 radical (unpaired) electrons. The quantitative estimate of drug-likeness (QED) is 0.783. The van der Waals surface area contributed by atoms with E-state index in [1.54, 1.807) is 6.92 Å². The average Bonchev–Trinajstić information content (AvgIpc) is 2.35. The predicted octanol–water partition coefficient (Wildman–Crippen LogP) is 0.902. The van der Waals surface area contributed by atoms with Gasteiger partial charge in [0.05, 0.1) is 0 Å². The number of piperidine rings is 1. The van der Waals surface area contributed by atoms with Crippen molar-refractivity contribution < 1.29 is 18.3 Å². The van der Waals surface area contributed by atoms with Crippen molar-refractivity contribution in [1.82, 2.24) is 8.61 Å². The van der Waals surface area contributed by atoms with Gasteiger partial charge in [-0.1, -0.05) is 13.3 Å². The lowest BCUT2D eigenvalue weighted by Crippen LogP contribution is -2.50. The molecule has 1 aliphatic rings. The largest absolute Gasteiger partial charge is 0.480 e. The third-order valence-electron chi connectivity index (χ3n) is 3.31. The van der Waals surface area contributed by atoms with Crippen molar-refractivity contribution in [2.75, 3.05) is 19.6 Å². The normalized spacial score (nSPS) is 19.9. The summed E-state index contributed by atoms with van der Waals surface area (Å²) in [6, 6.07) is -0.298. The van der Waals surface area contributed by atoms with Crippen molar-refractivity contribution >= 4 is 16.2 Å². The SMILES string of the molecule is CCC(C)N(CC(=O)O)S(=O)(=O)N1CCCCC1. The first-order valence-corrected chi connectivity index (χ1v) is 7.78. The molecule has 1 fully saturated rings. The van der Waals surface area contributed by atoms with Crippen LogP contribution < -0.4 is 0 Å². The maximum Gasteiger partial charge on any atom is 0.318 e. The van der Waals surface area contributed by atoms with Gasteiger partial charge in [-0.05, 0) is 26.2 Å². The molecule has 0 aromatic heterocycles. The molecule has 0 saturated carbocycles. The molecule has 0 spiro atoms. The summed E-state index contributed by atoms with van der Waals surface area (Å²) >= 11 is 0. The van der Waals surface area contributed by atoms with E-state index in [2.05, 4.69) is 0 Å². The van der Waals surface area contributed by atoms with Crippen LogP contribution in [-0.4, -0.2) is 53.8 Å². The number of hydrogen-bond acceptors (Lipinski definition) is 3. The lowest BCUT2D eigenvalue weighted by atomic mass is 10.2. The summed E-state index contributed by atoms with van der Waals surface area (Å²) in [6.07, 6.45) is 3.33. The number of hydrogen-bond donors (Lipinski definition) is 1. The second-order valence-corrected chi connectivity index (χ2v) is 6.54. The monoisotopic (exact) mass is 278 g/mol. The van der Waals surface area contributed by atoms with Gasteiger partial charge in [0.1, 0.15) is 6.54 Å². The third kappa shape index (κ3) is 3.66. The summed E-state index contributed by atoms with van der Waals surface area (Å²) in [5, 5.41) is 8.87. The molecule has 1 N–H and O–H groups in total. The molecular weight excluding hydrogens is 256 g/mol. The van der Waals surface area contributed by atoms with E-state index in [1.165, 1.54) is 4.31 Å². The van der Waals surface area contributed by atoms with Gasteiger partial charge in [0.2, 0.25) is 0 Å². The van der Waals surface area contributed by atoms with Gasteiger partial charge in [0, 0.05) is 19.1 Å². The van der Waals surface area contributed by atoms with E-state index in [9.17, 15) is 13.2 Å². The Morgan fingerprint density at radius 1 is 1.33 bits per heavy atom. The van der Waals surface area contributed by atoms with Crippen LogP contribution in [0.2, 0.25) is 0 Å². The zero-order valence-electron chi connectivity index (χ0n) is 11.0. The molecule has 106 valence electrons. The first-order valence-electron chi connectivity index (χ1n) is 6.38. The summed E-state index contributed by atoms with van der Waals surface area (Å²) in [4.78, 5) is 10.8. The van der Waals surface area contributed by atoms with Crippen molar-refractivity contribution in [2.45, 2.75) is 45.6 Å². The summed E-state index contributed by atoms with van der Waals surface area (Å²) in [5.74, 6) is -1.11. The molecule has 1 saturated heterocycles. The zero-order valence-corrected chi connectivity index (χ0v) is 11.8. The minimum absolute atomic E-state index is 0.298. The molecule has 0 amide bonds. The lowest BCUT2D eigenvalue weighted by Gasteiger charge is -2.34. The smallest absolute Gasteiger partial charge is 0.318 e. The topological polar surface area (TPSA) is 77.9 Å². The van der Waals surface area contributed by atoms with Crippen LogP contribution in [0.5, 0.6) is 0 Å². The summed E-state index contributed by atoms with van der Waals surface area (Å²) in [6.45, 7) is 4.12. The van der Waals surface area contributed by atoms with Crippen LogP contribution in [0.15, 0.2) is 0 Å². The minimum atomic E-state index is -3.64. The molecule has 0 bridgehead atoms.